The van der Waals surface area contributed by atoms with Crippen LogP contribution in [-0.4, -0.2) is 61.2 Å². The Labute approximate surface area is 165 Å². The van der Waals surface area contributed by atoms with Gasteiger partial charge in [0.15, 0.2) is 0 Å². The van der Waals surface area contributed by atoms with Gasteiger partial charge in [0, 0.05) is 64.3 Å². The Balaban J connectivity index is 1.44. The van der Waals surface area contributed by atoms with Crippen LogP contribution >= 0.6 is 0 Å². The van der Waals surface area contributed by atoms with Crippen LogP contribution in [0.3, 0.4) is 0 Å². The van der Waals surface area contributed by atoms with Gasteiger partial charge in [-0.3, -0.25) is 14.7 Å². The van der Waals surface area contributed by atoms with Gasteiger partial charge in [-0.25, -0.2) is 8.42 Å². The molecule has 1 fully saturated rings. The highest BCUT2D eigenvalue weighted by Crippen LogP contribution is 2.31. The maximum absolute atomic E-state index is 13.1. The number of hydrogen-bond acceptors (Lipinski definition) is 5. The van der Waals surface area contributed by atoms with E-state index in [1.807, 2.05) is 18.3 Å². The highest BCUT2D eigenvalue weighted by Gasteiger charge is 2.30. The fourth-order valence-electron chi connectivity index (χ4n) is 3.89. The molecule has 0 radical (unpaired) electrons. The third kappa shape index (κ3) is 3.67. The van der Waals surface area contributed by atoms with Gasteiger partial charge >= 0.3 is 0 Å². The van der Waals surface area contributed by atoms with Crippen molar-refractivity contribution in [3.63, 3.8) is 0 Å². The molecule has 2 aliphatic rings. The number of rotatable bonds is 4. The minimum Gasteiger partial charge on any atom is -0.312 e. The molecule has 1 saturated heterocycles. The predicted octanol–water partition coefficient (Wildman–Crippen LogP) is 1.50. The van der Waals surface area contributed by atoms with Crippen molar-refractivity contribution in [2.45, 2.75) is 24.8 Å². The average Bonchev–Trinajstić information content (AvgIpc) is 3.13. The molecule has 28 heavy (non-hydrogen) atoms. The van der Waals surface area contributed by atoms with Gasteiger partial charge < -0.3 is 4.90 Å². The molecule has 2 aliphatic heterocycles. The number of aromatic nitrogens is 1. The molecule has 0 aliphatic carbocycles. The fraction of sp³-hybridized carbons (Fsp3) is 0.400. The Morgan fingerprint density at radius 3 is 2.57 bits per heavy atom. The molecule has 0 saturated carbocycles. The lowest BCUT2D eigenvalue weighted by Gasteiger charge is -2.34. The summed E-state index contributed by atoms with van der Waals surface area (Å²) in [6.45, 7) is 5.25. The second-order valence-electron chi connectivity index (χ2n) is 7.25. The Morgan fingerprint density at radius 1 is 1.11 bits per heavy atom. The smallest absolute Gasteiger partial charge is 0.243 e. The number of amides is 1. The highest BCUT2D eigenvalue weighted by molar-refractivity contribution is 7.89. The van der Waals surface area contributed by atoms with Crippen LogP contribution in [0, 0.1) is 0 Å². The molecule has 0 unspecified atom stereocenters. The van der Waals surface area contributed by atoms with E-state index in [2.05, 4.69) is 9.88 Å². The number of carbonyl (C=O) groups is 1. The van der Waals surface area contributed by atoms with Crippen LogP contribution in [0.2, 0.25) is 0 Å². The van der Waals surface area contributed by atoms with Crippen molar-refractivity contribution in [3.05, 3.63) is 53.9 Å². The molecule has 4 rings (SSSR count). The lowest BCUT2D eigenvalue weighted by molar-refractivity contribution is -0.116. The molecule has 148 valence electrons. The van der Waals surface area contributed by atoms with Gasteiger partial charge in [-0.1, -0.05) is 6.07 Å². The molecule has 2 aromatic rings. The van der Waals surface area contributed by atoms with Crippen molar-refractivity contribution in [3.8, 4) is 0 Å². The third-order valence-corrected chi connectivity index (χ3v) is 7.32. The topological polar surface area (TPSA) is 73.8 Å². The minimum absolute atomic E-state index is 0.0147. The van der Waals surface area contributed by atoms with E-state index in [0.29, 0.717) is 44.0 Å². The summed E-state index contributed by atoms with van der Waals surface area (Å²) in [5.41, 5.74) is 2.88. The number of nitrogens with zero attached hydrogens (tertiary/aromatic N) is 4. The second kappa shape index (κ2) is 7.62. The van der Waals surface area contributed by atoms with Gasteiger partial charge in [-0.2, -0.15) is 4.31 Å². The van der Waals surface area contributed by atoms with Crippen LogP contribution < -0.4 is 4.90 Å². The maximum atomic E-state index is 13.1. The normalized spacial score (nSPS) is 18.2. The lowest BCUT2D eigenvalue weighted by atomic mass is 10.2. The number of benzene rings is 1. The van der Waals surface area contributed by atoms with Gasteiger partial charge in [0.1, 0.15) is 0 Å². The molecule has 7 nitrogen and oxygen atoms in total. The van der Waals surface area contributed by atoms with Crippen molar-refractivity contribution < 1.29 is 13.2 Å². The first kappa shape index (κ1) is 19.0. The average molecular weight is 401 g/mol. The number of pyridine rings is 1. The molecule has 1 amide bonds. The van der Waals surface area contributed by atoms with Crippen molar-refractivity contribution in [1.29, 1.82) is 0 Å². The van der Waals surface area contributed by atoms with Crippen molar-refractivity contribution in [2.24, 2.45) is 0 Å². The summed E-state index contributed by atoms with van der Waals surface area (Å²) in [5.74, 6) is -0.0147. The van der Waals surface area contributed by atoms with E-state index < -0.39 is 10.0 Å². The van der Waals surface area contributed by atoms with E-state index in [1.54, 1.807) is 33.6 Å². The van der Waals surface area contributed by atoms with Crippen LogP contribution in [0.4, 0.5) is 5.69 Å². The Bertz CT molecular complexity index is 970. The van der Waals surface area contributed by atoms with Crippen molar-refractivity contribution in [2.75, 3.05) is 37.6 Å². The quantitative estimate of drug-likeness (QED) is 0.778. The SMILES string of the molecule is CC(=O)N1CCc2cc(S(=O)(=O)N3CCN(Cc4cccnc4)CC3)ccc21. The monoisotopic (exact) mass is 400 g/mol. The number of fused-ring (bicyclic) bond motifs is 1. The minimum atomic E-state index is -3.53. The second-order valence-corrected chi connectivity index (χ2v) is 9.19. The Hall–Kier alpha value is -2.29. The van der Waals surface area contributed by atoms with Gasteiger partial charge in [0.05, 0.1) is 4.90 Å². The first-order chi connectivity index (χ1) is 13.4. The summed E-state index contributed by atoms with van der Waals surface area (Å²) < 4.78 is 27.7. The molecule has 3 heterocycles. The zero-order chi connectivity index (χ0) is 19.7. The fourth-order valence-corrected chi connectivity index (χ4v) is 5.37. The number of piperazine rings is 1. The first-order valence-corrected chi connectivity index (χ1v) is 10.9. The van der Waals surface area contributed by atoms with E-state index in [1.165, 1.54) is 6.92 Å². The number of sulfonamides is 1. The molecular formula is C20H24N4O3S. The van der Waals surface area contributed by atoms with E-state index in [4.69, 9.17) is 0 Å². The van der Waals surface area contributed by atoms with Gasteiger partial charge in [0.2, 0.25) is 15.9 Å². The molecule has 0 spiro atoms. The molecule has 8 heteroatoms. The van der Waals surface area contributed by atoms with Crippen LogP contribution in [0.15, 0.2) is 47.6 Å². The Kier molecular flexibility index (Phi) is 5.18. The van der Waals surface area contributed by atoms with E-state index in [-0.39, 0.29) is 5.91 Å². The van der Waals surface area contributed by atoms with E-state index in [0.717, 1.165) is 23.4 Å². The van der Waals surface area contributed by atoms with Crippen molar-refractivity contribution >= 4 is 21.6 Å². The number of carbonyl (C=O) groups excluding carboxylic acids is 1. The van der Waals surface area contributed by atoms with E-state index >= 15 is 0 Å². The number of hydrogen-bond donors (Lipinski definition) is 0. The first-order valence-electron chi connectivity index (χ1n) is 9.47. The van der Waals surface area contributed by atoms with E-state index in [9.17, 15) is 13.2 Å². The molecule has 1 aromatic carbocycles. The van der Waals surface area contributed by atoms with Crippen LogP contribution in [0.25, 0.3) is 0 Å². The molecular weight excluding hydrogens is 376 g/mol. The zero-order valence-electron chi connectivity index (χ0n) is 15.9. The molecule has 1 aromatic heterocycles. The standard InChI is InChI=1S/C20H24N4O3S/c1-16(25)24-8-6-18-13-19(4-5-20(18)24)28(26,27)23-11-9-22(10-12-23)15-17-3-2-7-21-14-17/h2-5,7,13-14H,6,8-12,15H2,1H3. The van der Waals surface area contributed by atoms with Gasteiger partial charge in [-0.15, -0.1) is 0 Å². The summed E-state index contributed by atoms with van der Waals surface area (Å²) in [6, 6.07) is 9.06. The largest absolute Gasteiger partial charge is 0.312 e. The lowest BCUT2D eigenvalue weighted by Crippen LogP contribution is -2.48. The van der Waals surface area contributed by atoms with Gasteiger partial charge in [0.25, 0.3) is 0 Å². The van der Waals surface area contributed by atoms with Crippen LogP contribution in [-0.2, 0) is 27.8 Å². The maximum Gasteiger partial charge on any atom is 0.243 e. The Morgan fingerprint density at radius 2 is 1.89 bits per heavy atom. The third-order valence-electron chi connectivity index (χ3n) is 5.42. The zero-order valence-corrected chi connectivity index (χ0v) is 16.7. The molecule has 0 atom stereocenters. The predicted molar refractivity (Wildman–Crippen MR) is 106 cm³/mol. The van der Waals surface area contributed by atoms with Crippen molar-refractivity contribution in [1.82, 2.24) is 14.2 Å². The summed E-state index contributed by atoms with van der Waals surface area (Å²) >= 11 is 0. The van der Waals surface area contributed by atoms with Gasteiger partial charge in [-0.05, 0) is 41.8 Å². The molecule has 0 N–H and O–H groups in total. The summed E-state index contributed by atoms with van der Waals surface area (Å²) in [7, 11) is -3.53. The highest BCUT2D eigenvalue weighted by atomic mass is 32.2. The summed E-state index contributed by atoms with van der Waals surface area (Å²) in [6.07, 6.45) is 4.29. The summed E-state index contributed by atoms with van der Waals surface area (Å²) in [4.78, 5) is 20.1. The summed E-state index contributed by atoms with van der Waals surface area (Å²) in [5, 5.41) is 0. The molecule has 0 bridgehead atoms. The number of anilines is 1. The van der Waals surface area contributed by atoms with Crippen LogP contribution in [0.5, 0.6) is 0 Å². The van der Waals surface area contributed by atoms with Crippen LogP contribution in [0.1, 0.15) is 18.1 Å².